The summed E-state index contributed by atoms with van der Waals surface area (Å²) in [6.07, 6.45) is 0. The van der Waals surface area contributed by atoms with E-state index in [1.54, 1.807) is 0 Å². The van der Waals surface area contributed by atoms with Crippen molar-refractivity contribution < 1.29 is 9.53 Å². The number of hydrogen-bond acceptors (Lipinski definition) is 4. The third-order valence-corrected chi connectivity index (χ3v) is 3.12. The number of aromatic amines is 1. The van der Waals surface area contributed by atoms with Gasteiger partial charge in [-0.2, -0.15) is 5.10 Å². The standard InChI is InChI=1S/C13H14N4O2/c1-7-13(10(5-14)17-16-7)8-2-3-11-9(4-8)15-12(18)6-19-11/h2-4H,5-6,14H2,1H3,(H,15,18)(H,16,17). The Labute approximate surface area is 110 Å². The molecule has 6 heteroatoms. The van der Waals surface area contributed by atoms with Crippen molar-refractivity contribution in [3.05, 3.63) is 29.6 Å². The van der Waals surface area contributed by atoms with Gasteiger partial charge in [0.15, 0.2) is 6.61 Å². The van der Waals surface area contributed by atoms with E-state index >= 15 is 0 Å². The second kappa shape index (κ2) is 4.40. The van der Waals surface area contributed by atoms with Crippen molar-refractivity contribution >= 4 is 11.6 Å². The molecule has 0 saturated carbocycles. The fourth-order valence-electron chi connectivity index (χ4n) is 2.25. The molecule has 2 heterocycles. The maximum Gasteiger partial charge on any atom is 0.262 e. The van der Waals surface area contributed by atoms with Crippen molar-refractivity contribution in [3.63, 3.8) is 0 Å². The van der Waals surface area contributed by atoms with Crippen LogP contribution in [0.3, 0.4) is 0 Å². The summed E-state index contributed by atoms with van der Waals surface area (Å²) in [4.78, 5) is 11.3. The van der Waals surface area contributed by atoms with Gasteiger partial charge < -0.3 is 15.8 Å². The number of hydrogen-bond donors (Lipinski definition) is 3. The number of aromatic nitrogens is 2. The van der Waals surface area contributed by atoms with Gasteiger partial charge in [0, 0.05) is 17.8 Å². The van der Waals surface area contributed by atoms with E-state index in [1.165, 1.54) is 0 Å². The number of anilines is 1. The minimum Gasteiger partial charge on any atom is -0.482 e. The van der Waals surface area contributed by atoms with Crippen LogP contribution in [0.1, 0.15) is 11.4 Å². The average molecular weight is 258 g/mol. The van der Waals surface area contributed by atoms with Gasteiger partial charge in [0.05, 0.1) is 11.4 Å². The maximum atomic E-state index is 11.3. The van der Waals surface area contributed by atoms with Gasteiger partial charge in [-0.15, -0.1) is 0 Å². The maximum absolute atomic E-state index is 11.3. The van der Waals surface area contributed by atoms with Crippen molar-refractivity contribution in [2.45, 2.75) is 13.5 Å². The average Bonchev–Trinajstić information content (AvgIpc) is 2.79. The van der Waals surface area contributed by atoms with Crippen LogP contribution in [0, 0.1) is 6.92 Å². The number of fused-ring (bicyclic) bond motifs is 1. The molecule has 98 valence electrons. The predicted octanol–water partition coefficient (Wildman–Crippen LogP) is 1.17. The van der Waals surface area contributed by atoms with Crippen LogP contribution in [0.2, 0.25) is 0 Å². The Hall–Kier alpha value is -2.34. The molecule has 0 radical (unpaired) electrons. The molecular formula is C13H14N4O2. The van der Waals surface area contributed by atoms with Crippen LogP contribution < -0.4 is 15.8 Å². The molecule has 0 saturated heterocycles. The number of carbonyl (C=O) groups is 1. The Bertz CT molecular complexity index is 648. The fraction of sp³-hybridized carbons (Fsp3) is 0.231. The van der Waals surface area contributed by atoms with Gasteiger partial charge in [-0.1, -0.05) is 6.07 Å². The fourth-order valence-corrected chi connectivity index (χ4v) is 2.25. The molecule has 1 amide bonds. The third kappa shape index (κ3) is 1.96. The van der Waals surface area contributed by atoms with E-state index in [0.717, 1.165) is 22.5 Å². The summed E-state index contributed by atoms with van der Waals surface area (Å²) in [5, 5.41) is 9.89. The molecule has 1 aromatic carbocycles. The molecule has 1 aromatic heterocycles. The molecule has 0 aliphatic carbocycles. The first kappa shape index (κ1) is 11.7. The van der Waals surface area contributed by atoms with Crippen LogP contribution in [0.25, 0.3) is 11.1 Å². The number of amides is 1. The summed E-state index contributed by atoms with van der Waals surface area (Å²) < 4.78 is 5.33. The number of nitrogens with one attached hydrogen (secondary N) is 2. The number of nitrogens with zero attached hydrogens (tertiary/aromatic N) is 1. The Morgan fingerprint density at radius 2 is 2.32 bits per heavy atom. The van der Waals surface area contributed by atoms with E-state index in [0.29, 0.717) is 18.0 Å². The van der Waals surface area contributed by atoms with Gasteiger partial charge >= 0.3 is 0 Å². The molecule has 4 N–H and O–H groups in total. The van der Waals surface area contributed by atoms with E-state index in [9.17, 15) is 4.79 Å². The lowest BCUT2D eigenvalue weighted by atomic mass is 10.0. The van der Waals surface area contributed by atoms with Crippen molar-refractivity contribution in [2.75, 3.05) is 11.9 Å². The van der Waals surface area contributed by atoms with Crippen LogP contribution in [0.5, 0.6) is 5.75 Å². The monoisotopic (exact) mass is 258 g/mol. The van der Waals surface area contributed by atoms with Gasteiger partial charge in [-0.25, -0.2) is 0 Å². The highest BCUT2D eigenvalue weighted by molar-refractivity contribution is 5.96. The smallest absolute Gasteiger partial charge is 0.262 e. The van der Waals surface area contributed by atoms with Crippen molar-refractivity contribution in [3.8, 4) is 16.9 Å². The van der Waals surface area contributed by atoms with Gasteiger partial charge in [0.25, 0.3) is 5.91 Å². The lowest BCUT2D eigenvalue weighted by molar-refractivity contribution is -0.118. The molecule has 6 nitrogen and oxygen atoms in total. The number of ether oxygens (including phenoxy) is 1. The largest absolute Gasteiger partial charge is 0.482 e. The van der Waals surface area contributed by atoms with E-state index in [-0.39, 0.29) is 12.5 Å². The zero-order chi connectivity index (χ0) is 13.4. The summed E-state index contributed by atoms with van der Waals surface area (Å²) in [7, 11) is 0. The Balaban J connectivity index is 2.09. The first-order chi connectivity index (χ1) is 9.19. The normalized spacial score (nSPS) is 13.7. The molecule has 0 bridgehead atoms. The van der Waals surface area contributed by atoms with Crippen molar-refractivity contribution in [1.29, 1.82) is 0 Å². The van der Waals surface area contributed by atoms with Gasteiger partial charge in [0.1, 0.15) is 5.75 Å². The van der Waals surface area contributed by atoms with Crippen molar-refractivity contribution in [1.82, 2.24) is 10.2 Å². The Morgan fingerprint density at radius 3 is 3.11 bits per heavy atom. The van der Waals surface area contributed by atoms with Crippen LogP contribution >= 0.6 is 0 Å². The molecule has 1 aliphatic heterocycles. The quantitative estimate of drug-likeness (QED) is 0.754. The zero-order valence-electron chi connectivity index (χ0n) is 10.5. The Kier molecular flexibility index (Phi) is 2.72. The second-order valence-electron chi connectivity index (χ2n) is 4.42. The lowest BCUT2D eigenvalue weighted by Gasteiger charge is -2.18. The van der Waals surface area contributed by atoms with Crippen molar-refractivity contribution in [2.24, 2.45) is 5.73 Å². The molecule has 0 fully saturated rings. The lowest BCUT2D eigenvalue weighted by Crippen LogP contribution is -2.25. The van der Waals surface area contributed by atoms with Crippen LogP contribution in [-0.2, 0) is 11.3 Å². The molecule has 0 spiro atoms. The van der Waals surface area contributed by atoms with E-state index in [4.69, 9.17) is 10.5 Å². The Morgan fingerprint density at radius 1 is 1.47 bits per heavy atom. The molecular weight excluding hydrogens is 244 g/mol. The van der Waals surface area contributed by atoms with Crippen LogP contribution in [0.15, 0.2) is 18.2 Å². The van der Waals surface area contributed by atoms with Crippen LogP contribution in [0.4, 0.5) is 5.69 Å². The molecule has 19 heavy (non-hydrogen) atoms. The SMILES string of the molecule is Cc1[nH]nc(CN)c1-c1ccc2c(c1)NC(=O)CO2. The zero-order valence-corrected chi connectivity index (χ0v) is 10.5. The van der Waals surface area contributed by atoms with Gasteiger partial charge in [-0.05, 0) is 24.6 Å². The van der Waals surface area contributed by atoms with Gasteiger partial charge in [0.2, 0.25) is 0 Å². The van der Waals surface area contributed by atoms with E-state index < -0.39 is 0 Å². The molecule has 1 aliphatic rings. The number of aryl methyl sites for hydroxylation is 1. The summed E-state index contributed by atoms with van der Waals surface area (Å²) >= 11 is 0. The number of carbonyl (C=O) groups excluding carboxylic acids is 1. The number of benzene rings is 1. The first-order valence-corrected chi connectivity index (χ1v) is 6.00. The molecule has 0 atom stereocenters. The minimum absolute atomic E-state index is 0.0606. The highest BCUT2D eigenvalue weighted by Gasteiger charge is 2.18. The predicted molar refractivity (Wildman–Crippen MR) is 70.8 cm³/mol. The summed E-state index contributed by atoms with van der Waals surface area (Å²) in [6.45, 7) is 2.36. The first-order valence-electron chi connectivity index (χ1n) is 6.00. The molecule has 0 unspecified atom stereocenters. The summed E-state index contributed by atoms with van der Waals surface area (Å²) in [5.74, 6) is 0.534. The van der Waals surface area contributed by atoms with Crippen LogP contribution in [-0.4, -0.2) is 22.7 Å². The third-order valence-electron chi connectivity index (χ3n) is 3.12. The highest BCUT2D eigenvalue weighted by atomic mass is 16.5. The van der Waals surface area contributed by atoms with E-state index in [2.05, 4.69) is 15.5 Å². The number of nitrogens with two attached hydrogens (primary N) is 1. The summed E-state index contributed by atoms with van der Waals surface area (Å²) in [6, 6.07) is 5.66. The molecule has 3 rings (SSSR count). The minimum atomic E-state index is -0.146. The number of rotatable bonds is 2. The van der Waals surface area contributed by atoms with E-state index in [1.807, 2.05) is 25.1 Å². The van der Waals surface area contributed by atoms with Gasteiger partial charge in [-0.3, -0.25) is 9.89 Å². The number of H-pyrrole nitrogens is 1. The molecule has 2 aromatic rings. The highest BCUT2D eigenvalue weighted by Crippen LogP contribution is 2.34. The topological polar surface area (TPSA) is 93.0 Å². The second-order valence-corrected chi connectivity index (χ2v) is 4.42. The summed E-state index contributed by atoms with van der Waals surface area (Å²) in [5.41, 5.74) is 10.0.